The minimum absolute atomic E-state index is 0.0348. The summed E-state index contributed by atoms with van der Waals surface area (Å²) in [5.74, 6) is 0.471. The zero-order chi connectivity index (χ0) is 18.9. The number of carbonyl (C=O) groups is 2. The summed E-state index contributed by atoms with van der Waals surface area (Å²) < 4.78 is 0. The van der Waals surface area contributed by atoms with Gasteiger partial charge in [0.1, 0.15) is 0 Å². The summed E-state index contributed by atoms with van der Waals surface area (Å²) >= 11 is 0. The highest BCUT2D eigenvalue weighted by Crippen LogP contribution is 2.15. The van der Waals surface area contributed by atoms with Crippen molar-refractivity contribution < 1.29 is 9.59 Å². The molecule has 0 bridgehead atoms. The maximum atomic E-state index is 12.1. The standard InChI is InChI=1S/C18H23N7O2/c26-16(14-4-1-6-19-12-14)20-9-10-23-18(27)24-15-5-2-11-25(13-15)17-21-7-3-8-22-17/h1,3-4,6-8,12,15H,2,5,9-11,13H2,(H,20,26)(H2,23,24,27). The summed E-state index contributed by atoms with van der Waals surface area (Å²) in [6.07, 6.45) is 8.41. The van der Waals surface area contributed by atoms with Crippen LogP contribution < -0.4 is 20.9 Å². The number of hydrogen-bond acceptors (Lipinski definition) is 6. The summed E-state index contributed by atoms with van der Waals surface area (Å²) in [4.78, 5) is 38.4. The van der Waals surface area contributed by atoms with Gasteiger partial charge in [0, 0.05) is 57.0 Å². The molecule has 0 aliphatic carbocycles. The third kappa shape index (κ3) is 5.63. The molecule has 1 unspecified atom stereocenters. The predicted molar refractivity (Wildman–Crippen MR) is 100 cm³/mol. The van der Waals surface area contributed by atoms with Crippen molar-refractivity contribution in [1.29, 1.82) is 0 Å². The van der Waals surface area contributed by atoms with Crippen LogP contribution in [0.15, 0.2) is 43.0 Å². The van der Waals surface area contributed by atoms with Gasteiger partial charge in [-0.05, 0) is 31.0 Å². The fraction of sp³-hybridized carbons (Fsp3) is 0.389. The molecule has 1 aliphatic rings. The van der Waals surface area contributed by atoms with E-state index >= 15 is 0 Å². The van der Waals surface area contributed by atoms with E-state index in [1.807, 2.05) is 0 Å². The molecule has 0 aromatic carbocycles. The number of rotatable bonds is 6. The Balaban J connectivity index is 1.36. The number of amides is 3. The van der Waals surface area contributed by atoms with Crippen molar-refractivity contribution in [3.05, 3.63) is 48.5 Å². The Morgan fingerprint density at radius 1 is 1.11 bits per heavy atom. The van der Waals surface area contributed by atoms with E-state index in [4.69, 9.17) is 0 Å². The maximum absolute atomic E-state index is 12.1. The molecule has 1 atom stereocenters. The van der Waals surface area contributed by atoms with Crippen molar-refractivity contribution in [3.63, 3.8) is 0 Å². The van der Waals surface area contributed by atoms with Gasteiger partial charge in [0.2, 0.25) is 5.95 Å². The number of hydrogen-bond donors (Lipinski definition) is 3. The molecule has 3 rings (SSSR count). The lowest BCUT2D eigenvalue weighted by molar-refractivity contribution is 0.0953. The molecular weight excluding hydrogens is 346 g/mol. The van der Waals surface area contributed by atoms with Crippen LogP contribution in [0, 0.1) is 0 Å². The van der Waals surface area contributed by atoms with Crippen molar-refractivity contribution in [2.75, 3.05) is 31.1 Å². The van der Waals surface area contributed by atoms with E-state index < -0.39 is 0 Å². The Kier molecular flexibility index (Phi) is 6.50. The normalized spacial score (nSPS) is 16.4. The first kappa shape index (κ1) is 18.6. The smallest absolute Gasteiger partial charge is 0.315 e. The molecular formula is C18H23N7O2. The number of pyridine rings is 1. The second-order valence-electron chi connectivity index (χ2n) is 6.23. The number of nitrogens with zero attached hydrogens (tertiary/aromatic N) is 4. The Morgan fingerprint density at radius 2 is 1.93 bits per heavy atom. The van der Waals surface area contributed by atoms with Crippen LogP contribution in [-0.2, 0) is 0 Å². The largest absolute Gasteiger partial charge is 0.350 e. The first-order valence-electron chi connectivity index (χ1n) is 8.97. The third-order valence-corrected chi connectivity index (χ3v) is 4.21. The van der Waals surface area contributed by atoms with Gasteiger partial charge in [-0.1, -0.05) is 0 Å². The van der Waals surface area contributed by atoms with Crippen molar-refractivity contribution in [2.45, 2.75) is 18.9 Å². The van der Waals surface area contributed by atoms with Gasteiger partial charge in [-0.25, -0.2) is 14.8 Å². The van der Waals surface area contributed by atoms with Crippen LogP contribution in [-0.4, -0.2) is 59.1 Å². The average molecular weight is 369 g/mol. The van der Waals surface area contributed by atoms with E-state index in [0.29, 0.717) is 31.1 Å². The van der Waals surface area contributed by atoms with Crippen LogP contribution in [0.1, 0.15) is 23.2 Å². The Bertz CT molecular complexity index is 742. The molecule has 2 aromatic heterocycles. The highest BCUT2D eigenvalue weighted by molar-refractivity contribution is 5.93. The molecule has 1 aliphatic heterocycles. The van der Waals surface area contributed by atoms with Crippen LogP contribution in [0.2, 0.25) is 0 Å². The van der Waals surface area contributed by atoms with Gasteiger partial charge < -0.3 is 20.9 Å². The zero-order valence-corrected chi connectivity index (χ0v) is 15.0. The first-order valence-corrected chi connectivity index (χ1v) is 8.97. The highest BCUT2D eigenvalue weighted by atomic mass is 16.2. The zero-order valence-electron chi connectivity index (χ0n) is 15.0. The number of anilines is 1. The van der Waals surface area contributed by atoms with E-state index in [0.717, 1.165) is 19.4 Å². The molecule has 27 heavy (non-hydrogen) atoms. The van der Waals surface area contributed by atoms with Crippen molar-refractivity contribution in [1.82, 2.24) is 30.9 Å². The molecule has 9 heteroatoms. The van der Waals surface area contributed by atoms with Gasteiger partial charge in [0.05, 0.1) is 5.56 Å². The third-order valence-electron chi connectivity index (χ3n) is 4.21. The topological polar surface area (TPSA) is 112 Å². The molecule has 9 nitrogen and oxygen atoms in total. The van der Waals surface area contributed by atoms with Gasteiger partial charge in [-0.3, -0.25) is 9.78 Å². The fourth-order valence-electron chi connectivity index (χ4n) is 2.92. The maximum Gasteiger partial charge on any atom is 0.315 e. The number of nitrogens with one attached hydrogen (secondary N) is 3. The summed E-state index contributed by atoms with van der Waals surface area (Å²) in [6, 6.07) is 4.96. The molecule has 1 fully saturated rings. The fourth-order valence-corrected chi connectivity index (χ4v) is 2.92. The SMILES string of the molecule is O=C(NCCNC(=O)c1cccnc1)NC1CCCN(c2ncccn2)C1. The van der Waals surface area contributed by atoms with Gasteiger partial charge >= 0.3 is 6.03 Å². The number of urea groups is 1. The summed E-state index contributed by atoms with van der Waals surface area (Å²) in [5.41, 5.74) is 0.493. The average Bonchev–Trinajstić information content (AvgIpc) is 2.72. The van der Waals surface area contributed by atoms with Crippen molar-refractivity contribution >= 4 is 17.9 Å². The molecule has 3 amide bonds. The van der Waals surface area contributed by atoms with Crippen LogP contribution in [0.25, 0.3) is 0 Å². The molecule has 0 spiro atoms. The van der Waals surface area contributed by atoms with E-state index in [-0.39, 0.29) is 18.0 Å². The Labute approximate surface area is 157 Å². The molecule has 3 N–H and O–H groups in total. The van der Waals surface area contributed by atoms with Crippen molar-refractivity contribution in [2.24, 2.45) is 0 Å². The van der Waals surface area contributed by atoms with Crippen LogP contribution in [0.5, 0.6) is 0 Å². The van der Waals surface area contributed by atoms with Gasteiger partial charge in [-0.2, -0.15) is 0 Å². The van der Waals surface area contributed by atoms with Crippen molar-refractivity contribution in [3.8, 4) is 0 Å². The van der Waals surface area contributed by atoms with Crippen LogP contribution in [0.3, 0.4) is 0 Å². The second-order valence-corrected chi connectivity index (χ2v) is 6.23. The minimum Gasteiger partial charge on any atom is -0.350 e. The lowest BCUT2D eigenvalue weighted by Crippen LogP contribution is -2.51. The predicted octanol–water partition coefficient (Wildman–Crippen LogP) is 0.570. The Morgan fingerprint density at radius 3 is 2.70 bits per heavy atom. The number of carbonyl (C=O) groups excluding carboxylic acids is 2. The van der Waals surface area contributed by atoms with E-state index in [1.54, 1.807) is 36.8 Å². The van der Waals surface area contributed by atoms with Gasteiger partial charge in [-0.15, -0.1) is 0 Å². The molecule has 2 aromatic rings. The molecule has 142 valence electrons. The summed E-state index contributed by atoms with van der Waals surface area (Å²) in [5, 5.41) is 8.47. The number of piperidine rings is 1. The first-order chi connectivity index (χ1) is 13.2. The van der Waals surface area contributed by atoms with Gasteiger partial charge in [0.25, 0.3) is 5.91 Å². The summed E-state index contributed by atoms with van der Waals surface area (Å²) in [6.45, 7) is 2.24. The molecule has 0 radical (unpaired) electrons. The highest BCUT2D eigenvalue weighted by Gasteiger charge is 2.22. The lowest BCUT2D eigenvalue weighted by Gasteiger charge is -2.33. The molecule has 0 saturated carbocycles. The molecule has 1 saturated heterocycles. The quantitative estimate of drug-likeness (QED) is 0.642. The Hall–Kier alpha value is -3.23. The lowest BCUT2D eigenvalue weighted by atomic mass is 10.1. The molecule has 3 heterocycles. The van der Waals surface area contributed by atoms with Gasteiger partial charge in [0.15, 0.2) is 0 Å². The van der Waals surface area contributed by atoms with E-state index in [2.05, 4.69) is 35.8 Å². The minimum atomic E-state index is -0.244. The number of aromatic nitrogens is 3. The van der Waals surface area contributed by atoms with Crippen LogP contribution in [0.4, 0.5) is 10.7 Å². The van der Waals surface area contributed by atoms with E-state index in [9.17, 15) is 9.59 Å². The van der Waals surface area contributed by atoms with Crippen LogP contribution >= 0.6 is 0 Å². The second kappa shape index (κ2) is 9.46. The summed E-state index contributed by atoms with van der Waals surface area (Å²) in [7, 11) is 0. The van der Waals surface area contributed by atoms with E-state index in [1.165, 1.54) is 6.20 Å². The monoisotopic (exact) mass is 369 g/mol.